The summed E-state index contributed by atoms with van der Waals surface area (Å²) in [7, 11) is 0. The lowest BCUT2D eigenvalue weighted by atomic mass is 10.2. The van der Waals surface area contributed by atoms with E-state index in [9.17, 15) is 0 Å². The number of rotatable bonds is 7. The van der Waals surface area contributed by atoms with Gasteiger partial charge in [0.25, 0.3) is 0 Å². The summed E-state index contributed by atoms with van der Waals surface area (Å²) >= 11 is 0. The van der Waals surface area contributed by atoms with Crippen molar-refractivity contribution in [3.8, 4) is 0 Å². The Hall–Kier alpha value is -1.35. The Morgan fingerprint density at radius 3 is 2.80 bits per heavy atom. The maximum absolute atomic E-state index is 4.84. The summed E-state index contributed by atoms with van der Waals surface area (Å²) in [5.74, 6) is 1.23. The SMILES string of the molecule is CCCn1c(CCCNC(C)C)nc2cc(C)ccc21. The smallest absolute Gasteiger partial charge is 0.109 e. The number of aryl methyl sites for hydroxylation is 3. The van der Waals surface area contributed by atoms with Gasteiger partial charge in [-0.15, -0.1) is 0 Å². The molecule has 2 aromatic rings. The lowest BCUT2D eigenvalue weighted by Crippen LogP contribution is -2.24. The van der Waals surface area contributed by atoms with E-state index in [1.54, 1.807) is 0 Å². The summed E-state index contributed by atoms with van der Waals surface area (Å²) in [6.07, 6.45) is 3.34. The number of nitrogens with one attached hydrogen (secondary N) is 1. The molecule has 20 heavy (non-hydrogen) atoms. The Bertz CT molecular complexity index is 555. The van der Waals surface area contributed by atoms with Crippen LogP contribution in [-0.2, 0) is 13.0 Å². The zero-order valence-corrected chi connectivity index (χ0v) is 13.2. The van der Waals surface area contributed by atoms with Gasteiger partial charge in [0.1, 0.15) is 5.82 Å². The molecule has 0 bridgehead atoms. The predicted octanol–water partition coefficient (Wildman–Crippen LogP) is 3.69. The van der Waals surface area contributed by atoms with Crippen LogP contribution >= 0.6 is 0 Å². The van der Waals surface area contributed by atoms with Crippen molar-refractivity contribution in [3.05, 3.63) is 29.6 Å². The van der Waals surface area contributed by atoms with Crippen molar-refractivity contribution >= 4 is 11.0 Å². The summed E-state index contributed by atoms with van der Waals surface area (Å²) in [4.78, 5) is 4.84. The van der Waals surface area contributed by atoms with Crippen LogP contribution in [-0.4, -0.2) is 22.1 Å². The van der Waals surface area contributed by atoms with E-state index < -0.39 is 0 Å². The Labute approximate surface area is 122 Å². The van der Waals surface area contributed by atoms with Gasteiger partial charge in [0.15, 0.2) is 0 Å². The van der Waals surface area contributed by atoms with Crippen molar-refractivity contribution in [1.29, 1.82) is 0 Å². The Kier molecular flexibility index (Phi) is 5.18. The van der Waals surface area contributed by atoms with E-state index in [2.05, 4.69) is 55.8 Å². The van der Waals surface area contributed by atoms with Crippen LogP contribution in [0.1, 0.15) is 45.0 Å². The molecule has 0 saturated carbocycles. The minimum atomic E-state index is 0.562. The van der Waals surface area contributed by atoms with Crippen LogP contribution < -0.4 is 5.32 Å². The van der Waals surface area contributed by atoms with Crippen LogP contribution in [0, 0.1) is 6.92 Å². The molecule has 0 unspecified atom stereocenters. The number of hydrogen-bond donors (Lipinski definition) is 1. The van der Waals surface area contributed by atoms with Gasteiger partial charge in [-0.2, -0.15) is 0 Å². The number of imidazole rings is 1. The molecule has 1 aromatic carbocycles. The summed E-state index contributed by atoms with van der Waals surface area (Å²) in [6, 6.07) is 7.15. The zero-order valence-electron chi connectivity index (χ0n) is 13.2. The molecule has 1 N–H and O–H groups in total. The highest BCUT2D eigenvalue weighted by Gasteiger charge is 2.09. The molecular weight excluding hydrogens is 246 g/mol. The quantitative estimate of drug-likeness (QED) is 0.780. The molecule has 1 aromatic heterocycles. The molecule has 3 heteroatoms. The van der Waals surface area contributed by atoms with Crippen LogP contribution in [0.5, 0.6) is 0 Å². The van der Waals surface area contributed by atoms with Crippen LogP contribution in [0.4, 0.5) is 0 Å². The first-order valence-corrected chi connectivity index (χ1v) is 7.81. The minimum Gasteiger partial charge on any atom is -0.328 e. The number of benzene rings is 1. The molecule has 0 fully saturated rings. The monoisotopic (exact) mass is 273 g/mol. The summed E-state index contributed by atoms with van der Waals surface area (Å²) in [5, 5.41) is 3.47. The van der Waals surface area contributed by atoms with Gasteiger partial charge in [-0.25, -0.2) is 4.98 Å². The first-order valence-electron chi connectivity index (χ1n) is 7.81. The average molecular weight is 273 g/mol. The molecule has 0 spiro atoms. The molecule has 0 aliphatic carbocycles. The van der Waals surface area contributed by atoms with E-state index >= 15 is 0 Å². The number of hydrogen-bond acceptors (Lipinski definition) is 2. The molecule has 1 heterocycles. The molecule has 0 aliphatic heterocycles. The second kappa shape index (κ2) is 6.89. The van der Waals surface area contributed by atoms with Gasteiger partial charge in [0.2, 0.25) is 0 Å². The van der Waals surface area contributed by atoms with Gasteiger partial charge >= 0.3 is 0 Å². The summed E-state index contributed by atoms with van der Waals surface area (Å²) in [5.41, 5.74) is 3.71. The van der Waals surface area contributed by atoms with Crippen LogP contribution in [0.15, 0.2) is 18.2 Å². The highest BCUT2D eigenvalue weighted by Crippen LogP contribution is 2.19. The van der Waals surface area contributed by atoms with Crippen molar-refractivity contribution in [3.63, 3.8) is 0 Å². The van der Waals surface area contributed by atoms with Crippen molar-refractivity contribution in [1.82, 2.24) is 14.9 Å². The van der Waals surface area contributed by atoms with Gasteiger partial charge in [-0.05, 0) is 44.0 Å². The first kappa shape index (κ1) is 15.0. The Morgan fingerprint density at radius 2 is 2.10 bits per heavy atom. The van der Waals surface area contributed by atoms with Crippen LogP contribution in [0.2, 0.25) is 0 Å². The first-order chi connectivity index (χ1) is 9.61. The molecule has 0 radical (unpaired) electrons. The molecule has 0 saturated heterocycles. The standard InChI is InChI=1S/C17H27N3/c1-5-11-20-16-9-8-14(4)12-15(16)19-17(20)7-6-10-18-13(2)3/h8-9,12-13,18H,5-7,10-11H2,1-4H3. The maximum Gasteiger partial charge on any atom is 0.109 e. The van der Waals surface area contributed by atoms with E-state index in [1.807, 2.05) is 0 Å². The van der Waals surface area contributed by atoms with Crippen LogP contribution in [0.25, 0.3) is 11.0 Å². The third kappa shape index (κ3) is 3.60. The number of fused-ring (bicyclic) bond motifs is 1. The lowest BCUT2D eigenvalue weighted by molar-refractivity contribution is 0.556. The molecule has 3 nitrogen and oxygen atoms in total. The molecule has 110 valence electrons. The van der Waals surface area contributed by atoms with Gasteiger partial charge in [-0.3, -0.25) is 0 Å². The Morgan fingerprint density at radius 1 is 1.30 bits per heavy atom. The van der Waals surface area contributed by atoms with Gasteiger partial charge in [0, 0.05) is 19.0 Å². The molecule has 0 aliphatic rings. The fraction of sp³-hybridized carbons (Fsp3) is 0.588. The zero-order chi connectivity index (χ0) is 14.5. The largest absolute Gasteiger partial charge is 0.328 e. The van der Waals surface area contributed by atoms with E-state index in [0.29, 0.717) is 6.04 Å². The fourth-order valence-corrected chi connectivity index (χ4v) is 2.59. The number of nitrogens with zero attached hydrogens (tertiary/aromatic N) is 2. The molecular formula is C17H27N3. The highest BCUT2D eigenvalue weighted by atomic mass is 15.1. The second-order valence-corrected chi connectivity index (χ2v) is 5.88. The highest BCUT2D eigenvalue weighted by molar-refractivity contribution is 5.76. The van der Waals surface area contributed by atoms with Gasteiger partial charge in [-0.1, -0.05) is 26.8 Å². The fourth-order valence-electron chi connectivity index (χ4n) is 2.59. The minimum absolute atomic E-state index is 0.562. The lowest BCUT2D eigenvalue weighted by Gasteiger charge is -2.09. The maximum atomic E-state index is 4.84. The van der Waals surface area contributed by atoms with E-state index in [-0.39, 0.29) is 0 Å². The molecule has 2 rings (SSSR count). The second-order valence-electron chi connectivity index (χ2n) is 5.88. The van der Waals surface area contributed by atoms with Gasteiger partial charge in [0.05, 0.1) is 11.0 Å². The third-order valence-electron chi connectivity index (χ3n) is 3.56. The van der Waals surface area contributed by atoms with Crippen molar-refractivity contribution in [2.24, 2.45) is 0 Å². The van der Waals surface area contributed by atoms with Crippen molar-refractivity contribution < 1.29 is 0 Å². The third-order valence-corrected chi connectivity index (χ3v) is 3.56. The van der Waals surface area contributed by atoms with E-state index in [4.69, 9.17) is 4.98 Å². The van der Waals surface area contributed by atoms with Crippen molar-refractivity contribution in [2.45, 2.75) is 59.5 Å². The molecule has 0 amide bonds. The number of aromatic nitrogens is 2. The normalized spacial score (nSPS) is 11.7. The van der Waals surface area contributed by atoms with Gasteiger partial charge < -0.3 is 9.88 Å². The summed E-state index contributed by atoms with van der Waals surface area (Å²) < 4.78 is 2.39. The van der Waals surface area contributed by atoms with E-state index in [1.165, 1.54) is 16.9 Å². The van der Waals surface area contributed by atoms with Crippen LogP contribution in [0.3, 0.4) is 0 Å². The average Bonchev–Trinajstić information content (AvgIpc) is 2.72. The summed E-state index contributed by atoms with van der Waals surface area (Å²) in [6.45, 7) is 10.9. The predicted molar refractivity (Wildman–Crippen MR) is 86.2 cm³/mol. The van der Waals surface area contributed by atoms with E-state index in [0.717, 1.165) is 37.9 Å². The van der Waals surface area contributed by atoms with Crippen molar-refractivity contribution in [2.75, 3.05) is 6.54 Å². The topological polar surface area (TPSA) is 29.9 Å². The Balaban J connectivity index is 2.16. The molecule has 0 atom stereocenters.